The summed E-state index contributed by atoms with van der Waals surface area (Å²) in [5, 5.41) is 8.19. The fourth-order valence-corrected chi connectivity index (χ4v) is 4.35. The Morgan fingerprint density at radius 3 is 2.41 bits per heavy atom. The highest BCUT2D eigenvalue weighted by molar-refractivity contribution is 8.00. The maximum absolute atomic E-state index is 13.0. The van der Waals surface area contributed by atoms with Gasteiger partial charge in [0.25, 0.3) is 0 Å². The fraction of sp³-hybridized carbons (Fsp3) is 0.346. The Morgan fingerprint density at radius 1 is 1.09 bits per heavy atom. The van der Waals surface area contributed by atoms with Gasteiger partial charge in [-0.15, -0.1) is 11.8 Å². The molecule has 1 heterocycles. The Morgan fingerprint density at radius 2 is 1.76 bits per heavy atom. The number of rotatable bonds is 9. The number of para-hydroxylation sites is 1. The first-order chi connectivity index (χ1) is 16.2. The van der Waals surface area contributed by atoms with E-state index in [4.69, 9.17) is 16.7 Å². The zero-order valence-corrected chi connectivity index (χ0v) is 21.6. The van der Waals surface area contributed by atoms with Crippen LogP contribution < -0.4 is 5.32 Å². The van der Waals surface area contributed by atoms with Crippen molar-refractivity contribution in [3.8, 4) is 5.69 Å². The number of benzene rings is 2. The molecule has 2 aromatic carbocycles. The summed E-state index contributed by atoms with van der Waals surface area (Å²) < 4.78 is 1.65. The zero-order chi connectivity index (χ0) is 24.7. The van der Waals surface area contributed by atoms with E-state index in [0.717, 1.165) is 17.0 Å². The molecule has 0 aliphatic rings. The highest BCUT2D eigenvalue weighted by Crippen LogP contribution is 2.29. The second-order valence-corrected chi connectivity index (χ2v) is 10.4. The average Bonchev–Trinajstić information content (AvgIpc) is 3.22. The molecule has 3 aromatic rings. The van der Waals surface area contributed by atoms with E-state index in [9.17, 15) is 9.59 Å². The third-order valence-electron chi connectivity index (χ3n) is 5.11. The van der Waals surface area contributed by atoms with Crippen LogP contribution in [0, 0.1) is 0 Å². The average molecular weight is 499 g/mol. The van der Waals surface area contributed by atoms with Crippen LogP contribution >= 0.6 is 23.4 Å². The minimum absolute atomic E-state index is 0.0272. The van der Waals surface area contributed by atoms with Crippen LogP contribution in [0.2, 0.25) is 5.02 Å². The van der Waals surface area contributed by atoms with Gasteiger partial charge >= 0.3 is 0 Å². The summed E-state index contributed by atoms with van der Waals surface area (Å²) in [7, 11) is 0. The first-order valence-electron chi connectivity index (χ1n) is 11.3. The fourth-order valence-electron chi connectivity index (χ4n) is 3.31. The Labute approximate surface area is 210 Å². The molecule has 34 heavy (non-hydrogen) atoms. The molecule has 1 aromatic heterocycles. The molecule has 0 aliphatic heterocycles. The molecule has 0 bridgehead atoms. The van der Waals surface area contributed by atoms with E-state index in [1.165, 1.54) is 11.8 Å². The van der Waals surface area contributed by atoms with E-state index in [0.29, 0.717) is 23.1 Å². The third-order valence-corrected chi connectivity index (χ3v) is 6.43. The van der Waals surface area contributed by atoms with Crippen LogP contribution in [0.4, 0.5) is 5.82 Å². The van der Waals surface area contributed by atoms with Crippen LogP contribution in [-0.2, 0) is 15.0 Å². The van der Waals surface area contributed by atoms with Crippen LogP contribution in [0.15, 0.2) is 65.6 Å². The molecule has 8 heteroatoms. The van der Waals surface area contributed by atoms with Gasteiger partial charge in [-0.25, -0.2) is 4.68 Å². The molecule has 0 atom stereocenters. The number of carbonyl (C=O) groups is 2. The number of nitrogens with one attached hydrogen (secondary N) is 1. The van der Waals surface area contributed by atoms with Gasteiger partial charge in [0, 0.05) is 22.9 Å². The molecule has 0 radical (unpaired) electrons. The minimum Gasteiger partial charge on any atom is -0.333 e. The van der Waals surface area contributed by atoms with E-state index >= 15 is 0 Å². The summed E-state index contributed by atoms with van der Waals surface area (Å²) in [6, 6.07) is 19.0. The number of amides is 2. The number of nitrogens with zero attached hydrogens (tertiary/aromatic N) is 3. The maximum Gasteiger partial charge on any atom is 0.245 e. The molecule has 0 unspecified atom stereocenters. The van der Waals surface area contributed by atoms with Crippen molar-refractivity contribution in [2.75, 3.05) is 24.2 Å². The van der Waals surface area contributed by atoms with Crippen molar-refractivity contribution in [3.63, 3.8) is 0 Å². The van der Waals surface area contributed by atoms with Gasteiger partial charge in [-0.2, -0.15) is 5.10 Å². The minimum atomic E-state index is -0.278. The van der Waals surface area contributed by atoms with E-state index in [1.54, 1.807) is 15.6 Å². The standard InChI is InChI=1S/C26H31ClN4O2S/c1-5-15-30(25(33)18-34-19-11-7-6-8-12-19)17-24(32)28-23-16-22(26(2,3)4)29-31(23)21-14-10-9-13-20(21)27/h6-14,16H,5,15,17-18H2,1-4H3,(H,28,32). The second kappa shape index (κ2) is 11.6. The smallest absolute Gasteiger partial charge is 0.245 e. The van der Waals surface area contributed by atoms with Crippen molar-refractivity contribution in [1.82, 2.24) is 14.7 Å². The molecule has 2 amide bonds. The van der Waals surface area contributed by atoms with Crippen LogP contribution in [0.3, 0.4) is 0 Å². The lowest BCUT2D eigenvalue weighted by atomic mass is 9.92. The highest BCUT2D eigenvalue weighted by Gasteiger charge is 2.23. The summed E-state index contributed by atoms with van der Waals surface area (Å²) in [5.41, 5.74) is 1.28. The van der Waals surface area contributed by atoms with Crippen molar-refractivity contribution >= 4 is 41.0 Å². The molecular weight excluding hydrogens is 468 g/mol. The van der Waals surface area contributed by atoms with E-state index < -0.39 is 0 Å². The molecule has 180 valence electrons. The molecule has 0 spiro atoms. The van der Waals surface area contributed by atoms with Gasteiger partial charge in [0.1, 0.15) is 5.82 Å². The number of hydrogen-bond acceptors (Lipinski definition) is 4. The van der Waals surface area contributed by atoms with Gasteiger partial charge < -0.3 is 10.2 Å². The Kier molecular flexibility index (Phi) is 8.80. The van der Waals surface area contributed by atoms with Crippen LogP contribution in [0.5, 0.6) is 0 Å². The lowest BCUT2D eigenvalue weighted by Crippen LogP contribution is -2.39. The largest absolute Gasteiger partial charge is 0.333 e. The number of carbonyl (C=O) groups excluding carboxylic acids is 2. The Bertz CT molecular complexity index is 1130. The van der Waals surface area contributed by atoms with Gasteiger partial charge in [0.15, 0.2) is 0 Å². The molecular formula is C26H31ClN4O2S. The zero-order valence-electron chi connectivity index (χ0n) is 20.0. The molecule has 0 saturated heterocycles. The van der Waals surface area contributed by atoms with Crippen molar-refractivity contribution in [3.05, 3.63) is 71.4 Å². The summed E-state index contributed by atoms with van der Waals surface area (Å²) in [6.07, 6.45) is 0.765. The van der Waals surface area contributed by atoms with Crippen molar-refractivity contribution < 1.29 is 9.59 Å². The van der Waals surface area contributed by atoms with Gasteiger partial charge in [0.05, 0.1) is 28.7 Å². The molecule has 6 nitrogen and oxygen atoms in total. The molecule has 3 rings (SSSR count). The first kappa shape index (κ1) is 25.8. The van der Waals surface area contributed by atoms with E-state index in [2.05, 4.69) is 26.1 Å². The number of halogens is 1. The van der Waals surface area contributed by atoms with Gasteiger partial charge in [0.2, 0.25) is 11.8 Å². The van der Waals surface area contributed by atoms with Gasteiger partial charge in [-0.3, -0.25) is 9.59 Å². The molecule has 0 saturated carbocycles. The Hall–Kier alpha value is -2.77. The first-order valence-corrected chi connectivity index (χ1v) is 12.7. The summed E-state index contributed by atoms with van der Waals surface area (Å²) in [4.78, 5) is 28.5. The lowest BCUT2D eigenvalue weighted by Gasteiger charge is -2.21. The van der Waals surface area contributed by atoms with Gasteiger partial charge in [-0.1, -0.05) is 69.6 Å². The van der Waals surface area contributed by atoms with Crippen molar-refractivity contribution in [2.24, 2.45) is 0 Å². The number of hydrogen-bond donors (Lipinski definition) is 1. The summed E-state index contributed by atoms with van der Waals surface area (Å²) in [5.74, 6) is 0.454. The molecule has 0 fully saturated rings. The summed E-state index contributed by atoms with van der Waals surface area (Å²) >= 11 is 7.88. The van der Waals surface area contributed by atoms with Crippen molar-refractivity contribution in [1.29, 1.82) is 0 Å². The topological polar surface area (TPSA) is 67.2 Å². The number of anilines is 1. The number of aromatic nitrogens is 2. The monoisotopic (exact) mass is 498 g/mol. The number of thioether (sulfide) groups is 1. The summed E-state index contributed by atoms with van der Waals surface area (Å²) in [6.45, 7) is 8.65. The van der Waals surface area contributed by atoms with E-state index in [-0.39, 0.29) is 29.5 Å². The lowest BCUT2D eigenvalue weighted by molar-refractivity contribution is -0.132. The van der Waals surface area contributed by atoms with Crippen LogP contribution in [0.25, 0.3) is 5.69 Å². The van der Waals surface area contributed by atoms with Crippen LogP contribution in [-0.4, -0.2) is 45.3 Å². The molecule has 1 N–H and O–H groups in total. The quantitative estimate of drug-likeness (QED) is 0.379. The Balaban J connectivity index is 1.76. The van der Waals surface area contributed by atoms with Gasteiger partial charge in [-0.05, 0) is 30.7 Å². The third kappa shape index (κ3) is 6.87. The maximum atomic E-state index is 13.0. The SMILES string of the molecule is CCCN(CC(=O)Nc1cc(C(C)(C)C)nn1-c1ccccc1Cl)C(=O)CSc1ccccc1. The van der Waals surface area contributed by atoms with E-state index in [1.807, 2.05) is 61.5 Å². The van der Waals surface area contributed by atoms with Crippen LogP contribution in [0.1, 0.15) is 39.8 Å². The predicted molar refractivity (Wildman–Crippen MR) is 140 cm³/mol. The second-order valence-electron chi connectivity index (χ2n) is 8.99. The molecule has 0 aliphatic carbocycles. The predicted octanol–water partition coefficient (Wildman–Crippen LogP) is 5.79. The normalized spacial score (nSPS) is 11.3. The van der Waals surface area contributed by atoms with Crippen molar-refractivity contribution in [2.45, 2.75) is 44.4 Å². The highest BCUT2D eigenvalue weighted by atomic mass is 35.5.